The Morgan fingerprint density at radius 2 is 1.94 bits per heavy atom. The van der Waals surface area contributed by atoms with Crippen LogP contribution in [0.25, 0.3) is 0 Å². The molecule has 0 radical (unpaired) electrons. The van der Waals surface area contributed by atoms with E-state index in [0.29, 0.717) is 6.54 Å². The summed E-state index contributed by atoms with van der Waals surface area (Å²) in [7, 11) is 0. The summed E-state index contributed by atoms with van der Waals surface area (Å²) in [6, 6.07) is 8.34. The second kappa shape index (κ2) is 7.89. The fourth-order valence-corrected chi connectivity index (χ4v) is 2.15. The molecule has 0 aliphatic carbocycles. The average molecular weight is 315 g/mol. The van der Waals surface area contributed by atoms with Crippen LogP contribution in [0, 0.1) is 0 Å². The lowest BCUT2D eigenvalue weighted by atomic mass is 9.92. The molecule has 0 saturated carbocycles. The lowest BCUT2D eigenvalue weighted by molar-refractivity contribution is 0.277. The van der Waals surface area contributed by atoms with Crippen molar-refractivity contribution in [2.45, 2.75) is 31.7 Å². The number of hydrogen-bond donors (Lipinski definition) is 3. The zero-order valence-corrected chi connectivity index (χ0v) is 12.5. The molecule has 0 bridgehead atoms. The smallest absolute Gasteiger partial charge is 0.0431 e. The summed E-state index contributed by atoms with van der Waals surface area (Å²) in [5, 5.41) is 12.3. The molecule has 0 fully saturated rings. The minimum Gasteiger partial charge on any atom is -0.396 e. The summed E-state index contributed by atoms with van der Waals surface area (Å²) in [5.41, 5.74) is 7.08. The van der Waals surface area contributed by atoms with Gasteiger partial charge in [-0.2, -0.15) is 0 Å². The molecular weight excluding hydrogens is 292 g/mol. The fraction of sp³-hybridized carbons (Fsp3) is 0.571. The molecule has 102 valence electrons. The first-order valence-corrected chi connectivity index (χ1v) is 7.19. The van der Waals surface area contributed by atoms with Gasteiger partial charge in [0.1, 0.15) is 0 Å². The van der Waals surface area contributed by atoms with E-state index in [1.54, 1.807) is 0 Å². The van der Waals surface area contributed by atoms with E-state index in [0.717, 1.165) is 30.3 Å². The minimum atomic E-state index is -0.0801. The van der Waals surface area contributed by atoms with Gasteiger partial charge >= 0.3 is 0 Å². The van der Waals surface area contributed by atoms with Crippen molar-refractivity contribution < 1.29 is 5.11 Å². The molecule has 0 heterocycles. The van der Waals surface area contributed by atoms with Gasteiger partial charge in [-0.05, 0) is 50.4 Å². The predicted molar refractivity (Wildman–Crippen MR) is 79.6 cm³/mol. The lowest BCUT2D eigenvalue weighted by Gasteiger charge is -2.30. The molecule has 1 rings (SSSR count). The van der Waals surface area contributed by atoms with E-state index in [1.807, 2.05) is 0 Å². The minimum absolute atomic E-state index is 0.0801. The molecule has 3 nitrogen and oxygen atoms in total. The van der Waals surface area contributed by atoms with E-state index in [2.05, 4.69) is 52.4 Å². The van der Waals surface area contributed by atoms with Crippen molar-refractivity contribution in [1.82, 2.24) is 5.32 Å². The number of nitrogens with one attached hydrogen (secondary N) is 1. The average Bonchev–Trinajstić information content (AvgIpc) is 2.38. The van der Waals surface area contributed by atoms with Crippen LogP contribution in [-0.4, -0.2) is 30.3 Å². The summed E-state index contributed by atoms with van der Waals surface area (Å²) >= 11 is 3.44. The monoisotopic (exact) mass is 314 g/mol. The highest BCUT2D eigenvalue weighted by atomic mass is 79.9. The van der Waals surface area contributed by atoms with Gasteiger partial charge in [0.2, 0.25) is 0 Å². The maximum atomic E-state index is 8.76. The van der Waals surface area contributed by atoms with Gasteiger partial charge in [0.05, 0.1) is 0 Å². The quantitative estimate of drug-likeness (QED) is 0.644. The van der Waals surface area contributed by atoms with Gasteiger partial charge in [-0.3, -0.25) is 0 Å². The third kappa shape index (κ3) is 5.48. The molecule has 0 saturated heterocycles. The van der Waals surface area contributed by atoms with Crippen LogP contribution in [0.1, 0.15) is 25.3 Å². The molecule has 0 aromatic heterocycles. The van der Waals surface area contributed by atoms with E-state index < -0.39 is 0 Å². The van der Waals surface area contributed by atoms with E-state index in [9.17, 15) is 0 Å². The first-order valence-electron chi connectivity index (χ1n) is 6.40. The molecular formula is C14H23BrN2O. The van der Waals surface area contributed by atoms with Gasteiger partial charge in [0.25, 0.3) is 0 Å². The Morgan fingerprint density at radius 3 is 2.50 bits per heavy atom. The zero-order chi connectivity index (χ0) is 13.4. The Balaban J connectivity index is 2.50. The highest BCUT2D eigenvalue weighted by Crippen LogP contribution is 2.16. The van der Waals surface area contributed by atoms with Crippen molar-refractivity contribution in [2.75, 3.05) is 19.7 Å². The number of rotatable bonds is 8. The number of halogens is 1. The molecule has 1 unspecified atom stereocenters. The third-order valence-corrected chi connectivity index (χ3v) is 3.62. The molecule has 1 aromatic carbocycles. The fourth-order valence-electron chi connectivity index (χ4n) is 1.89. The normalized spacial score (nSPS) is 14.4. The van der Waals surface area contributed by atoms with Gasteiger partial charge in [0.15, 0.2) is 0 Å². The van der Waals surface area contributed by atoms with E-state index in [-0.39, 0.29) is 12.1 Å². The Hall–Kier alpha value is -0.420. The summed E-state index contributed by atoms with van der Waals surface area (Å²) in [6.45, 7) is 3.90. The summed E-state index contributed by atoms with van der Waals surface area (Å²) < 4.78 is 1.09. The van der Waals surface area contributed by atoms with Crippen molar-refractivity contribution in [3.8, 4) is 0 Å². The Bertz CT molecular complexity index is 342. The molecule has 0 aliphatic heterocycles. The van der Waals surface area contributed by atoms with Crippen molar-refractivity contribution in [2.24, 2.45) is 5.73 Å². The molecule has 18 heavy (non-hydrogen) atoms. The van der Waals surface area contributed by atoms with Crippen molar-refractivity contribution in [3.05, 3.63) is 34.3 Å². The van der Waals surface area contributed by atoms with Crippen LogP contribution >= 0.6 is 15.9 Å². The molecule has 0 amide bonds. The first kappa shape index (κ1) is 15.6. The lowest BCUT2D eigenvalue weighted by Crippen LogP contribution is -2.50. The largest absolute Gasteiger partial charge is 0.396 e. The Kier molecular flexibility index (Phi) is 6.86. The summed E-state index contributed by atoms with van der Waals surface area (Å²) in [5.74, 6) is 0. The zero-order valence-electron chi connectivity index (χ0n) is 11.0. The number of unbranched alkanes of at least 4 members (excludes halogenated alkanes) is 1. The van der Waals surface area contributed by atoms with Crippen LogP contribution in [0.5, 0.6) is 0 Å². The second-order valence-corrected chi connectivity index (χ2v) is 5.84. The number of aliphatic hydroxyl groups excluding tert-OH is 1. The van der Waals surface area contributed by atoms with Crippen LogP contribution in [0.3, 0.4) is 0 Å². The van der Waals surface area contributed by atoms with Gasteiger partial charge in [-0.15, -0.1) is 0 Å². The van der Waals surface area contributed by atoms with Gasteiger partial charge in [-0.25, -0.2) is 0 Å². The molecule has 1 atom stereocenters. The Labute approximate surface area is 118 Å². The standard InChI is InChI=1S/C14H23BrN2O/c1-14(11-16,17-8-2-3-9-18)10-12-4-6-13(15)7-5-12/h4-7,17-18H,2-3,8-11,16H2,1H3. The predicted octanol–water partition coefficient (Wildman–Crippen LogP) is 2.07. The number of aliphatic hydroxyl groups is 1. The maximum absolute atomic E-state index is 8.76. The molecule has 4 heteroatoms. The van der Waals surface area contributed by atoms with E-state index in [1.165, 1.54) is 5.56 Å². The molecule has 1 aromatic rings. The highest BCUT2D eigenvalue weighted by Gasteiger charge is 2.21. The highest BCUT2D eigenvalue weighted by molar-refractivity contribution is 9.10. The van der Waals surface area contributed by atoms with Crippen LogP contribution in [0.4, 0.5) is 0 Å². The van der Waals surface area contributed by atoms with Crippen LogP contribution in [-0.2, 0) is 6.42 Å². The summed E-state index contributed by atoms with van der Waals surface area (Å²) in [4.78, 5) is 0. The number of nitrogens with two attached hydrogens (primary N) is 1. The summed E-state index contributed by atoms with van der Waals surface area (Å²) in [6.07, 6.45) is 2.73. The van der Waals surface area contributed by atoms with Crippen LogP contribution < -0.4 is 11.1 Å². The SMILES string of the molecule is CC(CN)(Cc1ccc(Br)cc1)NCCCCO. The second-order valence-electron chi connectivity index (χ2n) is 4.93. The van der Waals surface area contributed by atoms with Crippen LogP contribution in [0.2, 0.25) is 0 Å². The van der Waals surface area contributed by atoms with Crippen molar-refractivity contribution in [3.63, 3.8) is 0 Å². The van der Waals surface area contributed by atoms with Gasteiger partial charge in [0, 0.05) is 23.2 Å². The van der Waals surface area contributed by atoms with Gasteiger partial charge in [-0.1, -0.05) is 28.1 Å². The van der Waals surface area contributed by atoms with Gasteiger partial charge < -0.3 is 16.2 Å². The van der Waals surface area contributed by atoms with Crippen LogP contribution in [0.15, 0.2) is 28.7 Å². The molecule has 4 N–H and O–H groups in total. The Morgan fingerprint density at radius 1 is 1.28 bits per heavy atom. The van der Waals surface area contributed by atoms with Crippen molar-refractivity contribution in [1.29, 1.82) is 0 Å². The third-order valence-electron chi connectivity index (χ3n) is 3.09. The molecule has 0 spiro atoms. The topological polar surface area (TPSA) is 58.3 Å². The van der Waals surface area contributed by atoms with Crippen molar-refractivity contribution >= 4 is 15.9 Å². The first-order chi connectivity index (χ1) is 8.59. The van der Waals surface area contributed by atoms with E-state index in [4.69, 9.17) is 10.8 Å². The number of hydrogen-bond acceptors (Lipinski definition) is 3. The number of benzene rings is 1. The molecule has 0 aliphatic rings. The maximum Gasteiger partial charge on any atom is 0.0431 e. The van der Waals surface area contributed by atoms with E-state index >= 15 is 0 Å².